The highest BCUT2D eigenvalue weighted by molar-refractivity contribution is 8.59. The first-order valence-electron chi connectivity index (χ1n) is 14.7. The molecule has 0 heterocycles. The lowest BCUT2D eigenvalue weighted by molar-refractivity contribution is 0.222. The van der Waals surface area contributed by atoms with E-state index in [0.717, 1.165) is 34.1 Å². The third-order valence-electron chi connectivity index (χ3n) is 8.95. The van der Waals surface area contributed by atoms with E-state index in [4.69, 9.17) is 24.5 Å². The zero-order chi connectivity index (χ0) is 23.9. The van der Waals surface area contributed by atoms with Gasteiger partial charge in [-0.1, -0.05) is 51.4 Å². The van der Waals surface area contributed by atoms with Crippen LogP contribution < -0.4 is 0 Å². The molecule has 0 aliphatic heterocycles. The number of rotatable bonds is 8. The van der Waals surface area contributed by atoms with Gasteiger partial charge in [0.15, 0.2) is 10.5 Å². The van der Waals surface area contributed by atoms with E-state index in [-0.39, 0.29) is 6.10 Å². The molecule has 4 aliphatic carbocycles. The predicted octanol–water partition coefficient (Wildman–Crippen LogP) is 8.63. The van der Waals surface area contributed by atoms with Crippen LogP contribution in [0.5, 0.6) is 0 Å². The molecule has 1 N–H and O–H groups in total. The molecule has 2 atom stereocenters. The van der Waals surface area contributed by atoms with Crippen molar-refractivity contribution < 1.29 is 5.11 Å². The van der Waals surface area contributed by atoms with Crippen molar-refractivity contribution in [2.75, 3.05) is 12.3 Å². The molecule has 0 spiro atoms. The second-order valence-corrected chi connectivity index (χ2v) is 29.1. The van der Waals surface area contributed by atoms with Gasteiger partial charge in [0.1, 0.15) is 21.9 Å². The smallest absolute Gasteiger partial charge is 0.178 e. The van der Waals surface area contributed by atoms with Crippen molar-refractivity contribution in [3.8, 4) is 0 Å². The van der Waals surface area contributed by atoms with Crippen LogP contribution in [0.3, 0.4) is 0 Å². The summed E-state index contributed by atoms with van der Waals surface area (Å²) in [6.07, 6.45) is 29.0. The molecule has 0 aromatic heterocycles. The Morgan fingerprint density at radius 1 is 0.529 bits per heavy atom. The molecular weight excluding hydrogens is 531 g/mol. The van der Waals surface area contributed by atoms with Crippen LogP contribution in [0.25, 0.3) is 0 Å². The van der Waals surface area contributed by atoms with Gasteiger partial charge < -0.3 is 29.6 Å². The van der Waals surface area contributed by atoms with Crippen molar-refractivity contribution in [3.05, 3.63) is 0 Å². The third-order valence-corrected chi connectivity index (χ3v) is 27.2. The Morgan fingerprint density at radius 2 is 0.824 bits per heavy atom. The van der Waals surface area contributed by atoms with Gasteiger partial charge in [-0.25, -0.2) is 0 Å². The Balaban J connectivity index is 1.53. The first kappa shape index (κ1) is 29.0. The van der Waals surface area contributed by atoms with E-state index < -0.39 is 10.5 Å². The monoisotopic (exact) mass is 580 g/mol. The van der Waals surface area contributed by atoms with Crippen LogP contribution in [0, 0.1) is 0 Å². The summed E-state index contributed by atoms with van der Waals surface area (Å²) in [5.74, 6) is 0. The maximum Gasteiger partial charge on any atom is 0.178 e. The standard InChI is InChI=1S/C27H50OP2S4/c28-23(21-29(31,24-13-5-1-6-14-24)33-26-17-9-3-10-18-26)22-30(32,25-15-7-2-8-16-25)34-27-19-11-4-12-20-27/h23-28H,1-22H2. The molecule has 4 fully saturated rings. The highest BCUT2D eigenvalue weighted by Crippen LogP contribution is 2.61. The van der Waals surface area contributed by atoms with Crippen LogP contribution in [0.2, 0.25) is 0 Å². The molecule has 4 rings (SSSR count). The molecule has 0 saturated heterocycles. The fraction of sp³-hybridized carbons (Fsp3) is 1.00. The number of aliphatic hydroxyl groups is 1. The van der Waals surface area contributed by atoms with E-state index in [0.29, 0.717) is 0 Å². The van der Waals surface area contributed by atoms with Crippen molar-refractivity contribution in [3.63, 3.8) is 0 Å². The second-order valence-electron chi connectivity index (χ2n) is 11.8. The van der Waals surface area contributed by atoms with Gasteiger partial charge in [0.2, 0.25) is 0 Å². The SMILES string of the molecule is OC(CP([S-])(=[S+]C1CCCCC1)C1CCCCC1)CP([S-])(=[S+]C1CCCCC1)C1CCCCC1. The van der Waals surface area contributed by atoms with Gasteiger partial charge in [-0.2, -0.15) is 0 Å². The van der Waals surface area contributed by atoms with E-state index in [1.54, 1.807) is 0 Å². The largest absolute Gasteiger partial charge is 0.699 e. The Labute approximate surface area is 229 Å². The minimum Gasteiger partial charge on any atom is -0.699 e. The maximum atomic E-state index is 11.7. The summed E-state index contributed by atoms with van der Waals surface area (Å²) in [4.78, 5) is 0. The molecule has 2 unspecified atom stereocenters. The molecule has 0 radical (unpaired) electrons. The highest BCUT2D eigenvalue weighted by Gasteiger charge is 2.37. The van der Waals surface area contributed by atoms with Crippen LogP contribution in [0.15, 0.2) is 0 Å². The Kier molecular flexibility index (Phi) is 12.2. The van der Waals surface area contributed by atoms with E-state index in [9.17, 15) is 5.11 Å². The zero-order valence-electron chi connectivity index (χ0n) is 21.4. The molecule has 1 nitrogen and oxygen atoms in total. The van der Waals surface area contributed by atoms with Crippen molar-refractivity contribution in [1.29, 1.82) is 0 Å². The highest BCUT2D eigenvalue weighted by atomic mass is 32.9. The van der Waals surface area contributed by atoms with Crippen LogP contribution in [0.4, 0.5) is 0 Å². The van der Waals surface area contributed by atoms with Gasteiger partial charge in [0.05, 0.1) is 6.10 Å². The number of hydrogen-bond acceptors (Lipinski definition) is 3. The minimum atomic E-state index is -1.63. The van der Waals surface area contributed by atoms with E-state index in [2.05, 4.69) is 21.9 Å². The topological polar surface area (TPSA) is 20.2 Å². The second kappa shape index (κ2) is 14.4. The summed E-state index contributed by atoms with van der Waals surface area (Å²) in [7, 11) is 4.48. The van der Waals surface area contributed by atoms with E-state index >= 15 is 0 Å². The van der Waals surface area contributed by atoms with Crippen LogP contribution in [0.1, 0.15) is 128 Å². The van der Waals surface area contributed by atoms with Gasteiger partial charge in [0, 0.05) is 59.8 Å². The lowest BCUT2D eigenvalue weighted by Crippen LogP contribution is -2.28. The lowest BCUT2D eigenvalue weighted by atomic mass is 10.0. The Morgan fingerprint density at radius 3 is 1.15 bits per heavy atom. The third kappa shape index (κ3) is 8.48. The van der Waals surface area contributed by atoms with Crippen LogP contribution >= 0.6 is 10.5 Å². The fourth-order valence-corrected chi connectivity index (χ4v) is 26.8. The molecule has 198 valence electrons. The fourth-order valence-electron chi connectivity index (χ4n) is 7.00. The van der Waals surface area contributed by atoms with Gasteiger partial charge >= 0.3 is 0 Å². The summed E-state index contributed by atoms with van der Waals surface area (Å²) in [5.41, 5.74) is 1.44. The summed E-state index contributed by atoms with van der Waals surface area (Å²) in [6.45, 7) is 0. The minimum absolute atomic E-state index is 0.243. The molecule has 4 aliphatic rings. The molecule has 7 heteroatoms. The normalized spacial score (nSPS) is 29.1. The lowest BCUT2D eigenvalue weighted by Gasteiger charge is -2.39. The average Bonchev–Trinajstić information content (AvgIpc) is 2.86. The van der Waals surface area contributed by atoms with Gasteiger partial charge in [0.25, 0.3) is 0 Å². The van der Waals surface area contributed by atoms with Crippen molar-refractivity contribution in [1.82, 2.24) is 0 Å². The van der Waals surface area contributed by atoms with Gasteiger partial charge in [-0.3, -0.25) is 0 Å². The molecule has 0 amide bonds. The van der Waals surface area contributed by atoms with Gasteiger partial charge in [-0.15, -0.1) is 0 Å². The molecule has 34 heavy (non-hydrogen) atoms. The van der Waals surface area contributed by atoms with Crippen LogP contribution in [-0.4, -0.2) is 45.4 Å². The summed E-state index contributed by atoms with van der Waals surface area (Å²) in [5, 5.41) is 10.0. The van der Waals surface area contributed by atoms with E-state index in [1.165, 1.54) is 128 Å². The molecule has 0 aromatic carbocycles. The molecule has 4 saturated carbocycles. The first-order chi connectivity index (χ1) is 16.5. The Hall–Kier alpha value is 1.96. The van der Waals surface area contributed by atoms with E-state index in [1.807, 2.05) is 0 Å². The van der Waals surface area contributed by atoms with Crippen molar-refractivity contribution >= 4 is 56.9 Å². The number of aliphatic hydroxyl groups excluding tert-OH is 1. The van der Waals surface area contributed by atoms with Crippen molar-refractivity contribution in [2.45, 2.75) is 156 Å². The average molecular weight is 581 g/mol. The molecule has 0 bridgehead atoms. The molecule has 0 aromatic rings. The zero-order valence-corrected chi connectivity index (χ0v) is 26.5. The quantitative estimate of drug-likeness (QED) is 0.176. The van der Waals surface area contributed by atoms with Crippen molar-refractivity contribution in [2.24, 2.45) is 0 Å². The number of hydrogen-bond donors (Lipinski definition) is 1. The summed E-state index contributed by atoms with van der Waals surface area (Å²) >= 11 is 13.3. The van der Waals surface area contributed by atoms with Crippen LogP contribution in [-0.2, 0) is 46.4 Å². The maximum absolute atomic E-state index is 11.7. The molecular formula is C27H50OP2S4. The Bertz CT molecular complexity index is 658. The first-order valence-corrected chi connectivity index (χ1v) is 23.8. The summed E-state index contributed by atoms with van der Waals surface area (Å²) < 4.78 is 0. The predicted molar refractivity (Wildman–Crippen MR) is 167 cm³/mol. The summed E-state index contributed by atoms with van der Waals surface area (Å²) in [6, 6.07) is 0. The van der Waals surface area contributed by atoms with Gasteiger partial charge in [-0.05, 0) is 51.4 Å².